The fourth-order valence-electron chi connectivity index (χ4n) is 4.74. The number of amides is 1. The van der Waals surface area contributed by atoms with Crippen molar-refractivity contribution in [3.63, 3.8) is 0 Å². The Labute approximate surface area is 149 Å². The van der Waals surface area contributed by atoms with Gasteiger partial charge in [-0.05, 0) is 54.9 Å². The van der Waals surface area contributed by atoms with Crippen LogP contribution in [-0.2, 0) is 11.2 Å². The zero-order valence-corrected chi connectivity index (χ0v) is 15.1. The number of ether oxygens (including phenoxy) is 1. The fraction of sp³-hybridized carbons (Fsp3) is 0.571. The van der Waals surface area contributed by atoms with Crippen molar-refractivity contribution in [2.45, 2.75) is 51.4 Å². The van der Waals surface area contributed by atoms with Crippen molar-refractivity contribution >= 4 is 16.8 Å². The molecular weight excluding hydrogens is 312 g/mol. The number of fused-ring (bicyclic) bond motifs is 1. The number of aromatic amines is 1. The van der Waals surface area contributed by atoms with Gasteiger partial charge in [0.05, 0.1) is 13.5 Å². The molecule has 1 saturated heterocycles. The Morgan fingerprint density at radius 2 is 1.92 bits per heavy atom. The molecule has 1 saturated carbocycles. The number of hydrogen-bond donors (Lipinski definition) is 1. The summed E-state index contributed by atoms with van der Waals surface area (Å²) in [6.45, 7) is 1.87. The van der Waals surface area contributed by atoms with Crippen LogP contribution in [0.2, 0.25) is 0 Å². The maximum atomic E-state index is 12.8. The van der Waals surface area contributed by atoms with Crippen LogP contribution in [0, 0.1) is 5.41 Å². The van der Waals surface area contributed by atoms with E-state index in [1.807, 2.05) is 24.4 Å². The molecule has 1 aliphatic heterocycles. The van der Waals surface area contributed by atoms with E-state index in [0.29, 0.717) is 11.8 Å². The summed E-state index contributed by atoms with van der Waals surface area (Å²) in [5.41, 5.74) is 2.67. The third kappa shape index (κ3) is 3.26. The molecule has 1 aliphatic carbocycles. The molecule has 0 bridgehead atoms. The summed E-state index contributed by atoms with van der Waals surface area (Å²) in [6, 6.07) is 5.97. The number of methoxy groups -OCH3 is 1. The quantitative estimate of drug-likeness (QED) is 0.906. The summed E-state index contributed by atoms with van der Waals surface area (Å²) < 4.78 is 5.32. The molecule has 0 unspecified atom stereocenters. The summed E-state index contributed by atoms with van der Waals surface area (Å²) in [4.78, 5) is 18.2. The van der Waals surface area contributed by atoms with E-state index in [-0.39, 0.29) is 5.91 Å². The van der Waals surface area contributed by atoms with Crippen LogP contribution in [0.4, 0.5) is 0 Å². The number of hydrogen-bond acceptors (Lipinski definition) is 2. The number of likely N-dealkylation sites (tertiary alicyclic amines) is 1. The zero-order chi connectivity index (χ0) is 17.3. The monoisotopic (exact) mass is 340 g/mol. The SMILES string of the molecule is COc1ccc2[nH]cc(CC(=O)N3CCC4(CCCCC4)CC3)c2c1. The van der Waals surface area contributed by atoms with Gasteiger partial charge in [-0.1, -0.05) is 19.3 Å². The summed E-state index contributed by atoms with van der Waals surface area (Å²) >= 11 is 0. The molecule has 1 aromatic carbocycles. The Hall–Kier alpha value is -1.97. The number of nitrogens with one attached hydrogen (secondary N) is 1. The minimum absolute atomic E-state index is 0.259. The first kappa shape index (κ1) is 16.5. The van der Waals surface area contributed by atoms with Crippen molar-refractivity contribution in [3.05, 3.63) is 30.0 Å². The molecule has 1 aromatic heterocycles. The molecule has 1 amide bonds. The lowest BCUT2D eigenvalue weighted by molar-refractivity contribution is -0.133. The van der Waals surface area contributed by atoms with Gasteiger partial charge in [0, 0.05) is 30.2 Å². The largest absolute Gasteiger partial charge is 0.497 e. The van der Waals surface area contributed by atoms with Crippen molar-refractivity contribution < 1.29 is 9.53 Å². The van der Waals surface area contributed by atoms with E-state index in [1.165, 1.54) is 44.9 Å². The first-order chi connectivity index (χ1) is 12.2. The van der Waals surface area contributed by atoms with Crippen LogP contribution in [0.5, 0.6) is 5.75 Å². The molecule has 4 nitrogen and oxygen atoms in total. The van der Waals surface area contributed by atoms with Crippen molar-refractivity contribution in [1.29, 1.82) is 0 Å². The highest BCUT2D eigenvalue weighted by atomic mass is 16.5. The van der Waals surface area contributed by atoms with Crippen LogP contribution in [0.1, 0.15) is 50.5 Å². The van der Waals surface area contributed by atoms with Gasteiger partial charge >= 0.3 is 0 Å². The van der Waals surface area contributed by atoms with E-state index in [9.17, 15) is 4.79 Å². The summed E-state index contributed by atoms with van der Waals surface area (Å²) in [5, 5.41) is 1.09. The molecule has 1 spiro atoms. The molecule has 25 heavy (non-hydrogen) atoms. The van der Waals surface area contributed by atoms with E-state index in [2.05, 4.69) is 9.88 Å². The summed E-state index contributed by atoms with van der Waals surface area (Å²) in [7, 11) is 1.67. The maximum Gasteiger partial charge on any atom is 0.227 e. The number of H-pyrrole nitrogens is 1. The zero-order valence-electron chi connectivity index (χ0n) is 15.1. The number of rotatable bonds is 3. The van der Waals surface area contributed by atoms with Crippen LogP contribution in [-0.4, -0.2) is 36.0 Å². The molecular formula is C21H28N2O2. The standard InChI is InChI=1S/C21H28N2O2/c1-25-17-5-6-19-18(14-17)16(15-22-19)13-20(24)23-11-9-21(10-12-23)7-3-2-4-8-21/h5-6,14-15,22H,2-4,7-13H2,1H3. The highest BCUT2D eigenvalue weighted by Gasteiger charge is 2.36. The van der Waals surface area contributed by atoms with Gasteiger partial charge in [-0.15, -0.1) is 0 Å². The summed E-state index contributed by atoms with van der Waals surface area (Å²) in [6.07, 6.45) is 11.7. The molecule has 2 aliphatic rings. The lowest BCUT2D eigenvalue weighted by atomic mass is 9.68. The Kier molecular flexibility index (Phi) is 4.45. The van der Waals surface area contributed by atoms with Crippen molar-refractivity contribution in [2.75, 3.05) is 20.2 Å². The molecule has 0 radical (unpaired) electrons. The molecule has 4 rings (SSSR count). The summed E-state index contributed by atoms with van der Waals surface area (Å²) in [5.74, 6) is 1.09. The number of aromatic nitrogens is 1. The van der Waals surface area contributed by atoms with Crippen LogP contribution < -0.4 is 4.74 Å². The predicted molar refractivity (Wildman–Crippen MR) is 99.9 cm³/mol. The second-order valence-electron chi connectivity index (χ2n) is 7.84. The van der Waals surface area contributed by atoms with Gasteiger partial charge in [-0.2, -0.15) is 0 Å². The molecule has 2 aromatic rings. The van der Waals surface area contributed by atoms with Gasteiger partial charge in [0.1, 0.15) is 5.75 Å². The Morgan fingerprint density at radius 1 is 1.16 bits per heavy atom. The van der Waals surface area contributed by atoms with Gasteiger partial charge in [0.2, 0.25) is 5.91 Å². The van der Waals surface area contributed by atoms with E-state index in [4.69, 9.17) is 4.74 Å². The second-order valence-corrected chi connectivity index (χ2v) is 7.84. The van der Waals surface area contributed by atoms with Crippen molar-refractivity contribution in [2.24, 2.45) is 5.41 Å². The smallest absolute Gasteiger partial charge is 0.227 e. The van der Waals surface area contributed by atoms with Gasteiger partial charge in [0.15, 0.2) is 0 Å². The van der Waals surface area contributed by atoms with Crippen molar-refractivity contribution in [3.8, 4) is 5.75 Å². The minimum atomic E-state index is 0.259. The third-order valence-corrected chi connectivity index (χ3v) is 6.41. The van der Waals surface area contributed by atoms with E-state index in [0.717, 1.165) is 35.3 Å². The average Bonchev–Trinajstić information content (AvgIpc) is 3.05. The van der Waals surface area contributed by atoms with E-state index < -0.39 is 0 Å². The Bertz CT molecular complexity index is 748. The molecule has 1 N–H and O–H groups in total. The second kappa shape index (κ2) is 6.74. The normalized spacial score (nSPS) is 20.1. The van der Waals surface area contributed by atoms with Gasteiger partial charge in [-0.25, -0.2) is 0 Å². The number of carbonyl (C=O) groups is 1. The minimum Gasteiger partial charge on any atom is -0.497 e. The van der Waals surface area contributed by atoms with Gasteiger partial charge in [0.25, 0.3) is 0 Å². The average molecular weight is 340 g/mol. The highest BCUT2D eigenvalue weighted by Crippen LogP contribution is 2.44. The first-order valence-corrected chi connectivity index (χ1v) is 9.61. The van der Waals surface area contributed by atoms with E-state index >= 15 is 0 Å². The van der Waals surface area contributed by atoms with Crippen LogP contribution in [0.3, 0.4) is 0 Å². The lowest BCUT2D eigenvalue weighted by Gasteiger charge is -2.44. The van der Waals surface area contributed by atoms with Crippen LogP contribution >= 0.6 is 0 Å². The number of carbonyl (C=O) groups excluding carboxylic acids is 1. The highest BCUT2D eigenvalue weighted by molar-refractivity contribution is 5.89. The number of piperidine rings is 1. The molecule has 2 heterocycles. The maximum absolute atomic E-state index is 12.8. The molecule has 0 atom stereocenters. The van der Waals surface area contributed by atoms with Crippen LogP contribution in [0.15, 0.2) is 24.4 Å². The van der Waals surface area contributed by atoms with Crippen LogP contribution in [0.25, 0.3) is 10.9 Å². The Balaban J connectivity index is 1.42. The van der Waals surface area contributed by atoms with E-state index in [1.54, 1.807) is 7.11 Å². The Morgan fingerprint density at radius 3 is 2.64 bits per heavy atom. The molecule has 134 valence electrons. The molecule has 2 fully saturated rings. The van der Waals surface area contributed by atoms with Gasteiger partial charge < -0.3 is 14.6 Å². The topological polar surface area (TPSA) is 45.3 Å². The third-order valence-electron chi connectivity index (χ3n) is 6.41. The van der Waals surface area contributed by atoms with Gasteiger partial charge in [-0.3, -0.25) is 4.79 Å². The molecule has 4 heteroatoms. The number of nitrogens with zero attached hydrogens (tertiary/aromatic N) is 1. The predicted octanol–water partition coefficient (Wildman–Crippen LogP) is 4.29. The first-order valence-electron chi connectivity index (χ1n) is 9.61. The number of benzene rings is 1. The fourth-order valence-corrected chi connectivity index (χ4v) is 4.74. The van der Waals surface area contributed by atoms with Crippen molar-refractivity contribution in [1.82, 2.24) is 9.88 Å². The lowest BCUT2D eigenvalue weighted by Crippen LogP contribution is -2.44.